The summed E-state index contributed by atoms with van der Waals surface area (Å²) in [4.78, 5) is 18.8. The number of thiazole rings is 1. The Labute approximate surface area is 164 Å². The van der Waals surface area contributed by atoms with Gasteiger partial charge in [0.05, 0.1) is 35.2 Å². The van der Waals surface area contributed by atoms with Gasteiger partial charge in [0.2, 0.25) is 11.1 Å². The number of nitrogens with zero attached hydrogens (tertiary/aromatic N) is 6. The summed E-state index contributed by atoms with van der Waals surface area (Å²) in [6, 6.07) is 8.00. The van der Waals surface area contributed by atoms with E-state index in [2.05, 4.69) is 20.5 Å². The molecule has 1 fully saturated rings. The Bertz CT molecular complexity index is 888. The van der Waals surface area contributed by atoms with Crippen LogP contribution in [0.3, 0.4) is 0 Å². The topological polar surface area (TPSA) is 86.0 Å². The Morgan fingerprint density at radius 2 is 2.33 bits per heavy atom. The van der Waals surface area contributed by atoms with Crippen LogP contribution in [0, 0.1) is 0 Å². The van der Waals surface area contributed by atoms with Crippen molar-refractivity contribution in [3.05, 3.63) is 29.3 Å². The highest BCUT2D eigenvalue weighted by Crippen LogP contribution is 2.23. The van der Waals surface area contributed by atoms with Crippen LogP contribution in [0.1, 0.15) is 17.8 Å². The predicted octanol–water partition coefficient (Wildman–Crippen LogP) is 2.21. The molecule has 1 amide bonds. The fourth-order valence-corrected chi connectivity index (χ4v) is 4.76. The molecule has 1 atom stereocenters. The van der Waals surface area contributed by atoms with E-state index in [1.54, 1.807) is 28.0 Å². The zero-order valence-corrected chi connectivity index (χ0v) is 16.6. The highest BCUT2D eigenvalue weighted by atomic mass is 32.2. The van der Waals surface area contributed by atoms with E-state index in [1.807, 2.05) is 24.3 Å². The third kappa shape index (κ3) is 4.45. The lowest BCUT2D eigenvalue weighted by Crippen LogP contribution is -2.28. The second kappa shape index (κ2) is 8.32. The Kier molecular flexibility index (Phi) is 5.65. The molecule has 3 heterocycles. The molecule has 0 saturated carbocycles. The Balaban J connectivity index is 1.31. The summed E-state index contributed by atoms with van der Waals surface area (Å²) in [7, 11) is 1.80. The first-order chi connectivity index (χ1) is 13.2. The maximum atomic E-state index is 12.5. The van der Waals surface area contributed by atoms with E-state index >= 15 is 0 Å². The summed E-state index contributed by atoms with van der Waals surface area (Å²) in [5.41, 5.74) is 0.973. The van der Waals surface area contributed by atoms with Crippen molar-refractivity contribution in [2.45, 2.75) is 37.2 Å². The van der Waals surface area contributed by atoms with E-state index in [1.165, 1.54) is 11.8 Å². The van der Waals surface area contributed by atoms with Gasteiger partial charge in [0.15, 0.2) is 0 Å². The van der Waals surface area contributed by atoms with Crippen molar-refractivity contribution in [2.24, 2.45) is 0 Å². The fraction of sp³-hybridized carbons (Fsp3) is 0.471. The predicted molar refractivity (Wildman–Crippen MR) is 104 cm³/mol. The van der Waals surface area contributed by atoms with Crippen molar-refractivity contribution in [3.63, 3.8) is 0 Å². The minimum atomic E-state index is 0.0194. The fourth-order valence-electron chi connectivity index (χ4n) is 2.91. The van der Waals surface area contributed by atoms with E-state index in [9.17, 15) is 4.79 Å². The molecular formula is C17H20N6O2S2. The molecule has 4 rings (SSSR count). The standard InChI is InChI=1S/C17H20N6O2S2/c1-22(10-15-18-13-6-2-3-7-14(13)27-15)16(24)11-26-17-19-20-21-23(17)9-12-5-4-8-25-12/h2-3,6-7,12H,4-5,8-11H2,1H3/t12-/m0/s1. The molecule has 0 radical (unpaired) electrons. The van der Waals surface area contributed by atoms with Crippen LogP contribution >= 0.6 is 23.1 Å². The van der Waals surface area contributed by atoms with Gasteiger partial charge in [0, 0.05) is 13.7 Å². The van der Waals surface area contributed by atoms with Crippen LogP contribution in [0.5, 0.6) is 0 Å². The summed E-state index contributed by atoms with van der Waals surface area (Å²) < 4.78 is 8.49. The lowest BCUT2D eigenvalue weighted by atomic mass is 10.2. The number of para-hydroxylation sites is 1. The van der Waals surface area contributed by atoms with Crippen molar-refractivity contribution in [2.75, 3.05) is 19.4 Å². The summed E-state index contributed by atoms with van der Waals surface area (Å²) in [5.74, 6) is 0.304. The summed E-state index contributed by atoms with van der Waals surface area (Å²) in [6.07, 6.45) is 2.25. The molecule has 1 aliphatic heterocycles. The number of rotatable bonds is 7. The number of hydrogen-bond donors (Lipinski definition) is 0. The van der Waals surface area contributed by atoms with Crippen molar-refractivity contribution < 1.29 is 9.53 Å². The Morgan fingerprint density at radius 3 is 3.15 bits per heavy atom. The molecule has 8 nitrogen and oxygen atoms in total. The number of aromatic nitrogens is 5. The number of ether oxygens (including phenoxy) is 1. The normalized spacial score (nSPS) is 16.9. The van der Waals surface area contributed by atoms with Crippen molar-refractivity contribution >= 4 is 39.2 Å². The molecule has 0 spiro atoms. The van der Waals surface area contributed by atoms with E-state index in [0.29, 0.717) is 18.2 Å². The molecule has 0 bridgehead atoms. The van der Waals surface area contributed by atoms with Gasteiger partial charge in [-0.15, -0.1) is 16.4 Å². The Hall–Kier alpha value is -2.04. The molecule has 1 aliphatic rings. The van der Waals surface area contributed by atoms with Gasteiger partial charge in [-0.25, -0.2) is 9.67 Å². The first-order valence-corrected chi connectivity index (χ1v) is 10.6. The third-order valence-electron chi connectivity index (χ3n) is 4.36. The van der Waals surface area contributed by atoms with Gasteiger partial charge in [-0.3, -0.25) is 4.79 Å². The molecule has 3 aromatic rings. The monoisotopic (exact) mass is 404 g/mol. The quantitative estimate of drug-likeness (QED) is 0.558. The average molecular weight is 405 g/mol. The van der Waals surface area contributed by atoms with Crippen LogP contribution in [0.15, 0.2) is 29.4 Å². The third-order valence-corrected chi connectivity index (χ3v) is 6.32. The number of benzene rings is 1. The number of fused-ring (bicyclic) bond motifs is 1. The van der Waals surface area contributed by atoms with E-state index in [-0.39, 0.29) is 17.8 Å². The van der Waals surface area contributed by atoms with Gasteiger partial charge < -0.3 is 9.64 Å². The lowest BCUT2D eigenvalue weighted by Gasteiger charge is -2.15. The number of thioether (sulfide) groups is 1. The van der Waals surface area contributed by atoms with Gasteiger partial charge in [-0.2, -0.15) is 0 Å². The zero-order chi connectivity index (χ0) is 18.6. The smallest absolute Gasteiger partial charge is 0.233 e. The van der Waals surface area contributed by atoms with E-state index in [0.717, 1.165) is 34.7 Å². The molecule has 27 heavy (non-hydrogen) atoms. The first-order valence-electron chi connectivity index (χ1n) is 8.78. The van der Waals surface area contributed by atoms with Gasteiger partial charge in [0.1, 0.15) is 5.01 Å². The SMILES string of the molecule is CN(Cc1nc2ccccc2s1)C(=O)CSc1nnnn1C[C@@H]1CCCO1. The maximum Gasteiger partial charge on any atom is 0.233 e. The summed E-state index contributed by atoms with van der Waals surface area (Å²) in [5, 5.41) is 13.4. The molecule has 1 aromatic carbocycles. The molecule has 0 unspecified atom stereocenters. The number of hydrogen-bond acceptors (Lipinski definition) is 8. The first kappa shape index (κ1) is 18.3. The second-order valence-corrected chi connectivity index (χ2v) is 8.45. The average Bonchev–Trinajstić information content (AvgIpc) is 3.40. The Morgan fingerprint density at radius 1 is 1.44 bits per heavy atom. The largest absolute Gasteiger partial charge is 0.376 e. The van der Waals surface area contributed by atoms with Crippen molar-refractivity contribution in [3.8, 4) is 0 Å². The van der Waals surface area contributed by atoms with Gasteiger partial charge in [0.25, 0.3) is 0 Å². The minimum absolute atomic E-state index is 0.0194. The van der Waals surface area contributed by atoms with Crippen LogP contribution in [-0.4, -0.2) is 61.5 Å². The van der Waals surface area contributed by atoms with Crippen molar-refractivity contribution in [1.29, 1.82) is 0 Å². The molecule has 0 N–H and O–H groups in total. The number of amides is 1. The number of carbonyl (C=O) groups is 1. The van der Waals surface area contributed by atoms with Gasteiger partial charge >= 0.3 is 0 Å². The molecular weight excluding hydrogens is 384 g/mol. The zero-order valence-electron chi connectivity index (χ0n) is 14.9. The maximum absolute atomic E-state index is 12.5. The van der Waals surface area contributed by atoms with Gasteiger partial charge in [-0.05, 0) is 35.4 Å². The summed E-state index contributed by atoms with van der Waals surface area (Å²) in [6.45, 7) is 1.93. The van der Waals surface area contributed by atoms with Gasteiger partial charge in [-0.1, -0.05) is 23.9 Å². The number of tetrazole rings is 1. The van der Waals surface area contributed by atoms with Crippen LogP contribution in [0.2, 0.25) is 0 Å². The van der Waals surface area contributed by atoms with E-state index < -0.39 is 0 Å². The van der Waals surface area contributed by atoms with Crippen LogP contribution in [0.4, 0.5) is 0 Å². The highest BCUT2D eigenvalue weighted by Gasteiger charge is 2.20. The van der Waals surface area contributed by atoms with Crippen LogP contribution < -0.4 is 0 Å². The highest BCUT2D eigenvalue weighted by molar-refractivity contribution is 7.99. The molecule has 2 aromatic heterocycles. The molecule has 142 valence electrons. The second-order valence-electron chi connectivity index (χ2n) is 6.39. The lowest BCUT2D eigenvalue weighted by molar-refractivity contribution is -0.127. The summed E-state index contributed by atoms with van der Waals surface area (Å²) >= 11 is 2.97. The molecule has 0 aliphatic carbocycles. The van der Waals surface area contributed by atoms with E-state index in [4.69, 9.17) is 4.74 Å². The van der Waals surface area contributed by atoms with Crippen molar-refractivity contribution in [1.82, 2.24) is 30.1 Å². The minimum Gasteiger partial charge on any atom is -0.376 e. The molecule has 10 heteroatoms. The van der Waals surface area contributed by atoms with Crippen LogP contribution in [-0.2, 0) is 22.6 Å². The van der Waals surface area contributed by atoms with Crippen LogP contribution in [0.25, 0.3) is 10.2 Å². The molecule has 1 saturated heterocycles. The number of carbonyl (C=O) groups excluding carboxylic acids is 1.